The van der Waals surface area contributed by atoms with Gasteiger partial charge in [0.05, 0.1) is 5.75 Å². The first kappa shape index (κ1) is 12.5. The lowest BCUT2D eigenvalue weighted by Gasteiger charge is -2.15. The first-order chi connectivity index (χ1) is 7.01. The van der Waals surface area contributed by atoms with Gasteiger partial charge in [-0.25, -0.2) is 0 Å². The Bertz CT molecular complexity index is 293. The predicted octanol–water partition coefficient (Wildman–Crippen LogP) is 1.86. The van der Waals surface area contributed by atoms with Crippen molar-refractivity contribution < 1.29 is 4.52 Å². The van der Waals surface area contributed by atoms with Crippen LogP contribution in [0, 0.1) is 0 Å². The molecule has 86 valence electrons. The average Bonchev–Trinajstić information content (AvgIpc) is 2.58. The molecule has 0 atom stereocenters. The highest BCUT2D eigenvalue weighted by molar-refractivity contribution is 7.99. The van der Waals surface area contributed by atoms with Gasteiger partial charge in [-0.3, -0.25) is 0 Å². The number of likely N-dealkylation sites (N-methyl/N-ethyl adjacent to an activating group) is 1. The average molecular weight is 229 g/mol. The minimum atomic E-state index is 0.242. The molecule has 1 N–H and O–H groups in total. The van der Waals surface area contributed by atoms with E-state index in [-0.39, 0.29) is 4.75 Å². The van der Waals surface area contributed by atoms with Crippen LogP contribution in [0.25, 0.3) is 0 Å². The maximum atomic E-state index is 5.12. The van der Waals surface area contributed by atoms with Crippen molar-refractivity contribution in [3.8, 4) is 0 Å². The van der Waals surface area contributed by atoms with Crippen molar-refractivity contribution >= 4 is 11.8 Å². The summed E-state index contributed by atoms with van der Waals surface area (Å²) in [5.41, 5.74) is 0. The lowest BCUT2D eigenvalue weighted by atomic mass is 10.3. The van der Waals surface area contributed by atoms with Crippen molar-refractivity contribution in [2.75, 3.05) is 13.6 Å². The lowest BCUT2D eigenvalue weighted by Crippen LogP contribution is -2.10. The summed E-state index contributed by atoms with van der Waals surface area (Å²) in [4.78, 5) is 4.31. The Morgan fingerprint density at radius 1 is 1.40 bits per heavy atom. The molecule has 15 heavy (non-hydrogen) atoms. The summed E-state index contributed by atoms with van der Waals surface area (Å²) in [6.45, 7) is 7.41. The first-order valence-corrected chi connectivity index (χ1v) is 6.10. The summed E-state index contributed by atoms with van der Waals surface area (Å²) in [6.07, 6.45) is 0.795. The molecule has 1 rings (SSSR count). The number of aromatic nitrogens is 2. The maximum Gasteiger partial charge on any atom is 0.227 e. The molecular weight excluding hydrogens is 210 g/mol. The van der Waals surface area contributed by atoms with E-state index in [1.54, 1.807) is 0 Å². The van der Waals surface area contributed by atoms with Gasteiger partial charge in [0.25, 0.3) is 0 Å². The van der Waals surface area contributed by atoms with Crippen molar-refractivity contribution in [1.29, 1.82) is 0 Å². The topological polar surface area (TPSA) is 51.0 Å². The second-order valence-electron chi connectivity index (χ2n) is 4.36. The van der Waals surface area contributed by atoms with E-state index in [1.165, 1.54) is 0 Å². The van der Waals surface area contributed by atoms with E-state index in [4.69, 9.17) is 4.52 Å². The number of hydrogen-bond donors (Lipinski definition) is 1. The fourth-order valence-electron chi connectivity index (χ4n) is 0.963. The summed E-state index contributed by atoms with van der Waals surface area (Å²) in [7, 11) is 1.91. The normalized spacial score (nSPS) is 12.0. The fraction of sp³-hybridized carbons (Fsp3) is 0.800. The molecule has 5 heteroatoms. The predicted molar refractivity (Wildman–Crippen MR) is 63.0 cm³/mol. The highest BCUT2D eigenvalue weighted by Gasteiger charge is 2.13. The summed E-state index contributed by atoms with van der Waals surface area (Å²) >= 11 is 1.82. The molecule has 0 unspecified atom stereocenters. The molecule has 0 amide bonds. The van der Waals surface area contributed by atoms with Gasteiger partial charge in [0.2, 0.25) is 5.89 Å². The van der Waals surface area contributed by atoms with E-state index in [9.17, 15) is 0 Å². The van der Waals surface area contributed by atoms with Gasteiger partial charge in [0, 0.05) is 17.7 Å². The van der Waals surface area contributed by atoms with Gasteiger partial charge in [0.15, 0.2) is 5.82 Å². The Balaban J connectivity index is 2.39. The molecule has 0 radical (unpaired) electrons. The summed E-state index contributed by atoms with van der Waals surface area (Å²) < 4.78 is 5.36. The second kappa shape index (κ2) is 5.51. The Morgan fingerprint density at radius 3 is 2.73 bits per heavy atom. The van der Waals surface area contributed by atoms with Gasteiger partial charge in [0.1, 0.15) is 0 Å². The molecule has 0 bridgehead atoms. The van der Waals surface area contributed by atoms with E-state index in [0.717, 1.165) is 24.5 Å². The van der Waals surface area contributed by atoms with Crippen molar-refractivity contribution in [2.24, 2.45) is 0 Å². The smallest absolute Gasteiger partial charge is 0.227 e. The van der Waals surface area contributed by atoms with Crippen molar-refractivity contribution in [3.05, 3.63) is 11.7 Å². The maximum absolute atomic E-state index is 5.12. The fourth-order valence-corrected chi connectivity index (χ4v) is 1.64. The van der Waals surface area contributed by atoms with Crippen molar-refractivity contribution in [1.82, 2.24) is 15.5 Å². The van der Waals surface area contributed by atoms with Crippen LogP contribution in [0.1, 0.15) is 32.5 Å². The SMILES string of the molecule is CNCCc1nc(CSC(C)(C)C)no1. The number of thioether (sulfide) groups is 1. The van der Waals surface area contributed by atoms with E-state index in [2.05, 4.69) is 36.2 Å². The van der Waals surface area contributed by atoms with E-state index < -0.39 is 0 Å². The Morgan fingerprint density at radius 2 is 2.13 bits per heavy atom. The number of nitrogens with zero attached hydrogens (tertiary/aromatic N) is 2. The summed E-state index contributed by atoms with van der Waals surface area (Å²) in [5, 5.41) is 6.99. The third-order valence-corrected chi connectivity index (χ3v) is 3.00. The molecule has 0 saturated heterocycles. The molecule has 1 heterocycles. The number of hydrogen-bond acceptors (Lipinski definition) is 5. The standard InChI is InChI=1S/C10H19N3OS/c1-10(2,3)15-7-8-12-9(14-13-8)5-6-11-4/h11H,5-7H2,1-4H3. The third kappa shape index (κ3) is 5.18. The van der Waals surface area contributed by atoms with Gasteiger partial charge in [-0.15, -0.1) is 11.8 Å². The molecule has 0 aliphatic carbocycles. The van der Waals surface area contributed by atoms with Crippen LogP contribution in [-0.4, -0.2) is 28.5 Å². The minimum Gasteiger partial charge on any atom is -0.339 e. The Kier molecular flexibility index (Phi) is 4.60. The van der Waals surface area contributed by atoms with Gasteiger partial charge >= 0.3 is 0 Å². The zero-order valence-electron chi connectivity index (χ0n) is 9.83. The highest BCUT2D eigenvalue weighted by Crippen LogP contribution is 2.25. The van der Waals surface area contributed by atoms with E-state index in [0.29, 0.717) is 5.89 Å². The van der Waals surface area contributed by atoms with Crippen LogP contribution in [0.4, 0.5) is 0 Å². The third-order valence-electron chi connectivity index (χ3n) is 1.73. The van der Waals surface area contributed by atoms with Crippen molar-refractivity contribution in [3.63, 3.8) is 0 Å². The molecule has 0 aliphatic heterocycles. The van der Waals surface area contributed by atoms with Crippen LogP contribution in [0.3, 0.4) is 0 Å². The largest absolute Gasteiger partial charge is 0.339 e. The zero-order valence-corrected chi connectivity index (χ0v) is 10.6. The Labute approximate surface area is 95.2 Å². The minimum absolute atomic E-state index is 0.242. The van der Waals surface area contributed by atoms with Gasteiger partial charge in [-0.1, -0.05) is 25.9 Å². The van der Waals surface area contributed by atoms with Crippen LogP contribution < -0.4 is 5.32 Å². The molecule has 1 aromatic rings. The molecular formula is C10H19N3OS. The quantitative estimate of drug-likeness (QED) is 0.835. The Hall–Kier alpha value is -0.550. The van der Waals surface area contributed by atoms with Crippen LogP contribution in [-0.2, 0) is 12.2 Å². The molecule has 1 aromatic heterocycles. The number of nitrogens with one attached hydrogen (secondary N) is 1. The van der Waals surface area contributed by atoms with E-state index in [1.807, 2.05) is 18.8 Å². The van der Waals surface area contributed by atoms with Crippen LogP contribution in [0.15, 0.2) is 4.52 Å². The van der Waals surface area contributed by atoms with Crippen molar-refractivity contribution in [2.45, 2.75) is 37.7 Å². The van der Waals surface area contributed by atoms with Gasteiger partial charge in [-0.2, -0.15) is 4.98 Å². The van der Waals surface area contributed by atoms with Crippen LogP contribution in [0.5, 0.6) is 0 Å². The van der Waals surface area contributed by atoms with E-state index >= 15 is 0 Å². The highest BCUT2D eigenvalue weighted by atomic mass is 32.2. The number of rotatable bonds is 5. The van der Waals surface area contributed by atoms with Gasteiger partial charge < -0.3 is 9.84 Å². The molecule has 0 spiro atoms. The van der Waals surface area contributed by atoms with Crippen LogP contribution in [0.2, 0.25) is 0 Å². The molecule has 0 aliphatic rings. The summed E-state index contributed by atoms with van der Waals surface area (Å²) in [5.74, 6) is 2.32. The van der Waals surface area contributed by atoms with Gasteiger partial charge in [-0.05, 0) is 7.05 Å². The molecule has 0 aromatic carbocycles. The molecule has 0 fully saturated rings. The molecule has 0 saturated carbocycles. The second-order valence-corrected chi connectivity index (χ2v) is 6.16. The first-order valence-electron chi connectivity index (χ1n) is 5.11. The summed E-state index contributed by atoms with van der Waals surface area (Å²) in [6, 6.07) is 0. The monoisotopic (exact) mass is 229 g/mol. The zero-order chi connectivity index (χ0) is 11.3. The molecule has 4 nitrogen and oxygen atoms in total. The van der Waals surface area contributed by atoms with Crippen LogP contribution >= 0.6 is 11.8 Å². The lowest BCUT2D eigenvalue weighted by molar-refractivity contribution is 0.373.